The summed E-state index contributed by atoms with van der Waals surface area (Å²) in [5.41, 5.74) is 3.85. The first-order valence-electron chi connectivity index (χ1n) is 3.35. The maximum Gasteiger partial charge on any atom is 0.0771 e. The Morgan fingerprint density at radius 2 is 2.30 bits per heavy atom. The molecule has 0 amide bonds. The summed E-state index contributed by atoms with van der Waals surface area (Å²) in [4.78, 5) is 0. The fourth-order valence-corrected chi connectivity index (χ4v) is 1.67. The van der Waals surface area contributed by atoms with E-state index in [1.807, 2.05) is 10.7 Å². The van der Waals surface area contributed by atoms with E-state index in [0.717, 1.165) is 0 Å². The minimum absolute atomic E-state index is 1.23. The maximum atomic E-state index is 4.19. The van der Waals surface area contributed by atoms with Gasteiger partial charge >= 0.3 is 0 Å². The lowest BCUT2D eigenvalue weighted by Gasteiger charge is -1.82. The highest BCUT2D eigenvalue weighted by Gasteiger charge is 2.11. The molecule has 0 aliphatic carbocycles. The third-order valence-corrected chi connectivity index (χ3v) is 2.08. The van der Waals surface area contributed by atoms with Crippen molar-refractivity contribution in [2.24, 2.45) is 0 Å². The van der Waals surface area contributed by atoms with Gasteiger partial charge in [-0.25, -0.2) is 4.52 Å². The van der Waals surface area contributed by atoms with Gasteiger partial charge in [-0.2, -0.15) is 5.10 Å². The molecule has 10 heavy (non-hydrogen) atoms. The second-order valence-corrected chi connectivity index (χ2v) is 2.76. The molecule has 0 aliphatic heterocycles. The molecule has 4 bridgehead atoms. The molecule has 0 saturated carbocycles. The SMILES string of the molecule is Cc1cc2cc3cnn2c13. The molecular weight excluding hydrogens is 124 g/mol. The van der Waals surface area contributed by atoms with Crippen LogP contribution < -0.4 is 0 Å². The average molecular weight is 130 g/mol. The van der Waals surface area contributed by atoms with Crippen molar-refractivity contribution in [3.8, 4) is 0 Å². The van der Waals surface area contributed by atoms with Gasteiger partial charge < -0.3 is 0 Å². The van der Waals surface area contributed by atoms with Crippen molar-refractivity contribution in [1.82, 2.24) is 9.61 Å². The fraction of sp³-hybridized carbons (Fsp3) is 0.125. The fourth-order valence-electron chi connectivity index (χ4n) is 1.67. The monoisotopic (exact) mass is 130 g/mol. The number of benzene rings is 1. The molecule has 3 heterocycles. The molecular formula is C8H6N2. The van der Waals surface area contributed by atoms with Crippen molar-refractivity contribution < 1.29 is 0 Å². The first kappa shape index (κ1) is 4.50. The molecule has 3 aromatic heterocycles. The molecule has 0 saturated heterocycles. The lowest BCUT2D eigenvalue weighted by atomic mass is 10.2. The Labute approximate surface area is 57.7 Å². The van der Waals surface area contributed by atoms with Crippen LogP contribution in [-0.2, 0) is 0 Å². The van der Waals surface area contributed by atoms with Crippen LogP contribution in [0.5, 0.6) is 0 Å². The Morgan fingerprint density at radius 3 is 2.90 bits per heavy atom. The Hall–Kier alpha value is -1.31. The van der Waals surface area contributed by atoms with E-state index in [2.05, 4.69) is 24.2 Å². The third-order valence-electron chi connectivity index (χ3n) is 2.08. The number of nitrogens with zero attached hydrogens (tertiary/aromatic N) is 2. The number of hydrogen-bond donors (Lipinski definition) is 0. The van der Waals surface area contributed by atoms with Crippen molar-refractivity contribution in [3.63, 3.8) is 0 Å². The van der Waals surface area contributed by atoms with E-state index in [9.17, 15) is 0 Å². The van der Waals surface area contributed by atoms with Gasteiger partial charge in [0.1, 0.15) is 0 Å². The Kier molecular flexibility index (Phi) is 0.495. The van der Waals surface area contributed by atoms with Gasteiger partial charge in [0.25, 0.3) is 0 Å². The Morgan fingerprint density at radius 1 is 1.40 bits per heavy atom. The highest BCUT2D eigenvalue weighted by Crippen LogP contribution is 2.27. The van der Waals surface area contributed by atoms with Crippen molar-refractivity contribution >= 4 is 16.4 Å². The van der Waals surface area contributed by atoms with Gasteiger partial charge in [-0.1, -0.05) is 0 Å². The van der Waals surface area contributed by atoms with Crippen molar-refractivity contribution in [2.45, 2.75) is 6.92 Å². The predicted molar refractivity (Wildman–Crippen MR) is 39.8 cm³/mol. The standard InChI is InChI=1S/C8H6N2/c1-5-2-7-3-6-4-9-10(7)8(5)6/h2-4H,1H3. The van der Waals surface area contributed by atoms with E-state index in [1.54, 1.807) is 0 Å². The molecule has 0 aromatic carbocycles. The van der Waals surface area contributed by atoms with Crippen LogP contribution in [0.25, 0.3) is 16.4 Å². The van der Waals surface area contributed by atoms with Crippen LogP contribution in [0, 0.1) is 6.92 Å². The van der Waals surface area contributed by atoms with Crippen molar-refractivity contribution in [1.29, 1.82) is 0 Å². The first-order chi connectivity index (χ1) is 4.86. The zero-order valence-corrected chi connectivity index (χ0v) is 5.63. The van der Waals surface area contributed by atoms with E-state index in [-0.39, 0.29) is 0 Å². The van der Waals surface area contributed by atoms with Gasteiger partial charge in [0.05, 0.1) is 17.2 Å². The van der Waals surface area contributed by atoms with E-state index < -0.39 is 0 Å². The van der Waals surface area contributed by atoms with E-state index in [4.69, 9.17) is 0 Å². The van der Waals surface area contributed by atoms with Gasteiger partial charge in [-0.3, -0.25) is 0 Å². The summed E-state index contributed by atoms with van der Waals surface area (Å²) >= 11 is 0. The molecule has 0 unspecified atom stereocenters. The summed E-state index contributed by atoms with van der Waals surface area (Å²) in [5, 5.41) is 5.47. The van der Waals surface area contributed by atoms with E-state index in [0.29, 0.717) is 0 Å². The zero-order valence-electron chi connectivity index (χ0n) is 5.63. The van der Waals surface area contributed by atoms with Crippen LogP contribution in [0.3, 0.4) is 0 Å². The highest BCUT2D eigenvalue weighted by atomic mass is 15.2. The summed E-state index contributed by atoms with van der Waals surface area (Å²) in [6, 6.07) is 4.32. The molecule has 0 aliphatic rings. The number of aryl methyl sites for hydroxylation is 1. The molecule has 2 nitrogen and oxygen atoms in total. The molecule has 3 aromatic rings. The molecule has 3 rings (SSSR count). The van der Waals surface area contributed by atoms with Gasteiger partial charge in [-0.15, -0.1) is 0 Å². The Balaban J connectivity index is 2.89. The molecule has 0 atom stereocenters. The number of hydrogen-bond acceptors (Lipinski definition) is 1. The summed E-state index contributed by atoms with van der Waals surface area (Å²) < 4.78 is 1.99. The molecule has 0 spiro atoms. The van der Waals surface area contributed by atoms with Crippen LogP contribution in [0.2, 0.25) is 0 Å². The summed E-state index contributed by atoms with van der Waals surface area (Å²) in [6.07, 6.45) is 1.91. The Bertz CT molecular complexity index is 465. The average Bonchev–Trinajstić information content (AvgIpc) is 2.49. The van der Waals surface area contributed by atoms with Gasteiger partial charge in [0.15, 0.2) is 0 Å². The zero-order chi connectivity index (χ0) is 6.72. The third kappa shape index (κ3) is 0.282. The van der Waals surface area contributed by atoms with Crippen LogP contribution in [0.4, 0.5) is 0 Å². The lowest BCUT2D eigenvalue weighted by molar-refractivity contribution is 1.01. The number of aromatic nitrogens is 2. The lowest BCUT2D eigenvalue weighted by Crippen LogP contribution is -1.77. The van der Waals surface area contributed by atoms with Crippen LogP contribution in [0.15, 0.2) is 18.3 Å². The number of rotatable bonds is 0. The molecule has 2 heteroatoms. The highest BCUT2D eigenvalue weighted by molar-refractivity contribution is 5.92. The largest absolute Gasteiger partial charge is 0.233 e. The second kappa shape index (κ2) is 1.10. The second-order valence-electron chi connectivity index (χ2n) is 2.76. The minimum Gasteiger partial charge on any atom is -0.233 e. The molecule has 0 radical (unpaired) electrons. The predicted octanol–water partition coefficient (Wildman–Crippen LogP) is 1.67. The molecule has 48 valence electrons. The maximum absolute atomic E-state index is 4.19. The molecule has 0 fully saturated rings. The van der Waals surface area contributed by atoms with E-state index in [1.165, 1.54) is 22.0 Å². The summed E-state index contributed by atoms with van der Waals surface area (Å²) in [7, 11) is 0. The van der Waals surface area contributed by atoms with Crippen molar-refractivity contribution in [2.75, 3.05) is 0 Å². The van der Waals surface area contributed by atoms with Crippen LogP contribution >= 0.6 is 0 Å². The quantitative estimate of drug-likeness (QED) is 0.452. The van der Waals surface area contributed by atoms with Gasteiger partial charge in [-0.05, 0) is 24.6 Å². The van der Waals surface area contributed by atoms with Gasteiger partial charge in [0.2, 0.25) is 0 Å². The van der Waals surface area contributed by atoms with Gasteiger partial charge in [0, 0.05) is 5.39 Å². The minimum atomic E-state index is 1.23. The summed E-state index contributed by atoms with van der Waals surface area (Å²) in [6.45, 7) is 2.12. The summed E-state index contributed by atoms with van der Waals surface area (Å²) in [5.74, 6) is 0. The van der Waals surface area contributed by atoms with Crippen LogP contribution in [-0.4, -0.2) is 9.61 Å². The smallest absolute Gasteiger partial charge is 0.0771 e. The topological polar surface area (TPSA) is 17.3 Å². The van der Waals surface area contributed by atoms with Crippen LogP contribution in [0.1, 0.15) is 5.56 Å². The van der Waals surface area contributed by atoms with E-state index >= 15 is 0 Å². The van der Waals surface area contributed by atoms with Crippen molar-refractivity contribution in [3.05, 3.63) is 23.9 Å². The molecule has 0 N–H and O–H groups in total. The first-order valence-corrected chi connectivity index (χ1v) is 3.35. The normalized spacial score (nSPS) is 12.5.